The van der Waals surface area contributed by atoms with E-state index < -0.39 is 16.0 Å². The van der Waals surface area contributed by atoms with Crippen molar-refractivity contribution in [2.45, 2.75) is 12.0 Å². The van der Waals surface area contributed by atoms with Crippen LogP contribution in [-0.2, 0) is 14.8 Å². The van der Waals surface area contributed by atoms with E-state index in [1.807, 2.05) is 0 Å². The number of anilines is 1. The smallest absolute Gasteiger partial charge is 0.357 e. The molecule has 0 saturated carbocycles. The molecule has 3 rings (SSSR count). The number of hydrogen-bond acceptors (Lipinski definition) is 7. The second-order valence-electron chi connectivity index (χ2n) is 4.47. The van der Waals surface area contributed by atoms with Crippen LogP contribution in [0.2, 0.25) is 0 Å². The number of fused-ring (bicyclic) bond motifs is 1. The molecule has 3 aromatic rings. The van der Waals surface area contributed by atoms with E-state index >= 15 is 0 Å². The second-order valence-corrected chi connectivity index (χ2v) is 6.94. The van der Waals surface area contributed by atoms with Gasteiger partial charge < -0.3 is 9.15 Å². The van der Waals surface area contributed by atoms with Gasteiger partial charge in [-0.3, -0.25) is 4.72 Å². The van der Waals surface area contributed by atoms with E-state index in [-0.39, 0.29) is 22.5 Å². The maximum Gasteiger partial charge on any atom is 0.357 e. The predicted octanol–water partition coefficient (Wildman–Crippen LogP) is 2.87. The molecule has 0 unspecified atom stereocenters. The number of para-hydroxylation sites is 1. The van der Waals surface area contributed by atoms with E-state index in [1.165, 1.54) is 11.4 Å². The van der Waals surface area contributed by atoms with Gasteiger partial charge in [-0.1, -0.05) is 18.2 Å². The molecule has 0 radical (unpaired) electrons. The van der Waals surface area contributed by atoms with Crippen molar-refractivity contribution in [3.8, 4) is 0 Å². The molecule has 1 N–H and O–H groups in total. The predicted molar refractivity (Wildman–Crippen MR) is 85.1 cm³/mol. The largest absolute Gasteiger partial charge is 0.461 e. The molecule has 2 aromatic heterocycles. The number of furan rings is 1. The van der Waals surface area contributed by atoms with Gasteiger partial charge in [-0.15, -0.1) is 11.3 Å². The van der Waals surface area contributed by atoms with Crippen molar-refractivity contribution in [2.75, 3.05) is 11.3 Å². The van der Waals surface area contributed by atoms with Gasteiger partial charge in [0.1, 0.15) is 5.58 Å². The first-order chi connectivity index (χ1) is 11.0. The summed E-state index contributed by atoms with van der Waals surface area (Å²) in [4.78, 5) is 15.4. The second kappa shape index (κ2) is 6.01. The van der Waals surface area contributed by atoms with Crippen LogP contribution in [0, 0.1) is 0 Å². The highest BCUT2D eigenvalue weighted by molar-refractivity contribution is 7.92. The molecular weight excluding hydrogens is 340 g/mol. The Labute approximate surface area is 136 Å². The minimum absolute atomic E-state index is 0.0548. The Morgan fingerprint density at radius 3 is 2.91 bits per heavy atom. The fourth-order valence-corrected chi connectivity index (χ4v) is 3.78. The number of thiazole rings is 1. The zero-order valence-corrected chi connectivity index (χ0v) is 13.6. The summed E-state index contributed by atoms with van der Waals surface area (Å²) < 4.78 is 37.1. The zero-order valence-electron chi connectivity index (χ0n) is 12.0. The van der Waals surface area contributed by atoms with Crippen molar-refractivity contribution >= 4 is 43.4 Å². The van der Waals surface area contributed by atoms with Crippen LogP contribution in [0.4, 0.5) is 5.13 Å². The van der Waals surface area contributed by atoms with Crippen molar-refractivity contribution < 1.29 is 22.4 Å². The van der Waals surface area contributed by atoms with Gasteiger partial charge in [0.05, 0.1) is 6.61 Å². The molecule has 0 bridgehead atoms. The fraction of sp³-hybridized carbons (Fsp3) is 0.143. The first kappa shape index (κ1) is 15.5. The molecule has 0 spiro atoms. The Hall–Kier alpha value is -2.39. The van der Waals surface area contributed by atoms with Gasteiger partial charge in [0, 0.05) is 16.8 Å². The summed E-state index contributed by atoms with van der Waals surface area (Å²) in [5.74, 6) is -0.599. The maximum absolute atomic E-state index is 12.3. The Morgan fingerprint density at radius 1 is 1.39 bits per heavy atom. The van der Waals surface area contributed by atoms with E-state index in [0.29, 0.717) is 11.0 Å². The van der Waals surface area contributed by atoms with Crippen LogP contribution in [0.25, 0.3) is 11.0 Å². The number of carbonyl (C=O) groups is 1. The molecule has 0 amide bonds. The lowest BCUT2D eigenvalue weighted by molar-refractivity contribution is 0.0520. The van der Waals surface area contributed by atoms with Gasteiger partial charge in [-0.05, 0) is 13.0 Å². The Bertz CT molecular complexity index is 925. The molecular formula is C14H12N2O5S2. The topological polar surface area (TPSA) is 98.5 Å². The van der Waals surface area contributed by atoms with Crippen LogP contribution in [0.1, 0.15) is 17.4 Å². The van der Waals surface area contributed by atoms with E-state index in [9.17, 15) is 13.2 Å². The number of aromatic nitrogens is 1. The highest BCUT2D eigenvalue weighted by Gasteiger charge is 2.22. The number of nitrogens with zero attached hydrogens (tertiary/aromatic N) is 1. The monoisotopic (exact) mass is 352 g/mol. The van der Waals surface area contributed by atoms with E-state index in [0.717, 1.165) is 11.3 Å². The van der Waals surface area contributed by atoms with E-state index in [1.54, 1.807) is 31.2 Å². The number of ether oxygens (including phenoxy) is 1. The number of benzene rings is 1. The number of carbonyl (C=O) groups excluding carboxylic acids is 1. The average molecular weight is 352 g/mol. The highest BCUT2D eigenvalue weighted by Crippen LogP contribution is 2.25. The van der Waals surface area contributed by atoms with Gasteiger partial charge in [0.15, 0.2) is 10.8 Å². The average Bonchev–Trinajstić information content (AvgIpc) is 3.13. The third kappa shape index (κ3) is 3.20. The third-order valence-corrected chi connectivity index (χ3v) is 4.96. The molecule has 0 atom stereocenters. The summed E-state index contributed by atoms with van der Waals surface area (Å²) in [5, 5.41) is 1.95. The molecule has 120 valence electrons. The normalized spacial score (nSPS) is 11.5. The standard InChI is InChI=1S/C14H12N2O5S2/c1-2-20-13(17)10-8-22-14(15-10)16-23(18,19)12-7-9-5-3-4-6-11(9)21-12/h3-8H,2H2,1H3,(H,15,16). The van der Waals surface area contributed by atoms with Crippen LogP contribution in [0.5, 0.6) is 0 Å². The minimum atomic E-state index is -3.92. The molecule has 1 aromatic carbocycles. The Morgan fingerprint density at radius 2 is 2.17 bits per heavy atom. The number of rotatable bonds is 5. The van der Waals surface area contributed by atoms with Crippen molar-refractivity contribution in [1.29, 1.82) is 0 Å². The summed E-state index contributed by atoms with van der Waals surface area (Å²) in [5.41, 5.74) is 0.526. The minimum Gasteiger partial charge on any atom is -0.461 e. The maximum atomic E-state index is 12.3. The van der Waals surface area contributed by atoms with Crippen molar-refractivity contribution in [3.05, 3.63) is 41.4 Å². The van der Waals surface area contributed by atoms with Crippen molar-refractivity contribution in [2.24, 2.45) is 0 Å². The lowest BCUT2D eigenvalue weighted by atomic mass is 10.3. The SMILES string of the molecule is CCOC(=O)c1csc(NS(=O)(=O)c2cc3ccccc3o2)n1. The number of esters is 1. The van der Waals surface area contributed by atoms with Crippen molar-refractivity contribution in [1.82, 2.24) is 4.98 Å². The summed E-state index contributed by atoms with van der Waals surface area (Å²) in [6.45, 7) is 1.89. The van der Waals surface area contributed by atoms with Crippen LogP contribution < -0.4 is 4.72 Å². The molecule has 0 aliphatic rings. The Kier molecular flexibility index (Phi) is 4.05. The molecule has 2 heterocycles. The lowest BCUT2D eigenvalue weighted by Gasteiger charge is -2.01. The third-order valence-electron chi connectivity index (χ3n) is 2.88. The number of sulfonamides is 1. The summed E-state index contributed by atoms with van der Waals surface area (Å²) in [7, 11) is -3.92. The number of hydrogen-bond donors (Lipinski definition) is 1. The summed E-state index contributed by atoms with van der Waals surface area (Å²) in [6.07, 6.45) is 0. The van der Waals surface area contributed by atoms with Crippen molar-refractivity contribution in [3.63, 3.8) is 0 Å². The summed E-state index contributed by atoms with van der Waals surface area (Å²) in [6, 6.07) is 8.39. The first-order valence-corrected chi connectivity index (χ1v) is 9.00. The van der Waals surface area contributed by atoms with Crippen LogP contribution in [-0.4, -0.2) is 26.0 Å². The molecule has 0 fully saturated rings. The van der Waals surface area contributed by atoms with Gasteiger partial charge >= 0.3 is 5.97 Å². The summed E-state index contributed by atoms with van der Waals surface area (Å²) >= 11 is 0.988. The molecule has 0 aliphatic heterocycles. The Balaban J connectivity index is 1.85. The van der Waals surface area contributed by atoms with E-state index in [2.05, 4.69) is 9.71 Å². The molecule has 23 heavy (non-hydrogen) atoms. The lowest BCUT2D eigenvalue weighted by Crippen LogP contribution is -2.12. The van der Waals surface area contributed by atoms with Gasteiger partial charge in [0.25, 0.3) is 10.0 Å². The molecule has 7 nitrogen and oxygen atoms in total. The number of nitrogens with one attached hydrogen (secondary N) is 1. The highest BCUT2D eigenvalue weighted by atomic mass is 32.2. The molecule has 0 aliphatic carbocycles. The van der Waals surface area contributed by atoms with Gasteiger partial charge in [-0.2, -0.15) is 8.42 Å². The van der Waals surface area contributed by atoms with E-state index in [4.69, 9.17) is 9.15 Å². The fourth-order valence-electron chi connectivity index (χ4n) is 1.87. The van der Waals surface area contributed by atoms with Crippen LogP contribution in [0.3, 0.4) is 0 Å². The first-order valence-electron chi connectivity index (χ1n) is 6.63. The molecule has 0 saturated heterocycles. The van der Waals surface area contributed by atoms with Crippen LogP contribution >= 0.6 is 11.3 Å². The quantitative estimate of drug-likeness (QED) is 0.709. The molecule has 9 heteroatoms. The van der Waals surface area contributed by atoms with Gasteiger partial charge in [0.2, 0.25) is 5.09 Å². The zero-order chi connectivity index (χ0) is 16.4. The van der Waals surface area contributed by atoms with Crippen LogP contribution in [0.15, 0.2) is 45.2 Å². The van der Waals surface area contributed by atoms with Gasteiger partial charge in [-0.25, -0.2) is 9.78 Å².